The van der Waals surface area contributed by atoms with Crippen LogP contribution in [0.25, 0.3) is 0 Å². The second kappa shape index (κ2) is 4.49. The first-order valence-corrected chi connectivity index (χ1v) is 4.67. The normalized spacial score (nSPS) is 11.8. The Balaban J connectivity index is 4.05. The molecular weight excluding hydrogens is 144 g/mol. The molecule has 0 aliphatic heterocycles. The highest BCUT2D eigenvalue weighted by Gasteiger charge is 2.18. The van der Waals surface area contributed by atoms with Crippen molar-refractivity contribution in [2.24, 2.45) is 11.3 Å². The Labute approximate surface area is 77.4 Å². The largest absolute Gasteiger partial charge is 0.103 e. The zero-order valence-electron chi connectivity index (χ0n) is 8.98. The van der Waals surface area contributed by atoms with Crippen molar-refractivity contribution in [1.29, 1.82) is 0 Å². The van der Waals surface area contributed by atoms with Gasteiger partial charge < -0.3 is 0 Å². The molecule has 0 heteroatoms. The maximum absolute atomic E-state index is 4.09. The van der Waals surface area contributed by atoms with Crippen molar-refractivity contribution >= 4 is 0 Å². The standard InChI is InChI=1S/C12H22/c1-7-8-12(5,6)9-11(4)10(2)3/h7,10H,1,4,8-9H2,2-3,5-6H3. The number of hydrogen-bond donors (Lipinski definition) is 0. The average Bonchev–Trinajstić information content (AvgIpc) is 1.85. The van der Waals surface area contributed by atoms with Gasteiger partial charge in [-0.25, -0.2) is 0 Å². The highest BCUT2D eigenvalue weighted by Crippen LogP contribution is 2.31. The molecule has 0 radical (unpaired) electrons. The molecule has 0 aromatic heterocycles. The van der Waals surface area contributed by atoms with Crippen LogP contribution in [0.15, 0.2) is 24.8 Å². The van der Waals surface area contributed by atoms with Gasteiger partial charge >= 0.3 is 0 Å². The van der Waals surface area contributed by atoms with Crippen molar-refractivity contribution < 1.29 is 0 Å². The summed E-state index contributed by atoms with van der Waals surface area (Å²) in [7, 11) is 0. The Bertz CT molecular complexity index is 161. The molecule has 0 aromatic carbocycles. The minimum Gasteiger partial charge on any atom is -0.103 e. The predicted molar refractivity (Wildman–Crippen MR) is 57.2 cm³/mol. The molecule has 0 aromatic rings. The smallest absolute Gasteiger partial charge is 0.0263 e. The van der Waals surface area contributed by atoms with Crippen molar-refractivity contribution in [2.75, 3.05) is 0 Å². The van der Waals surface area contributed by atoms with Gasteiger partial charge in [0.2, 0.25) is 0 Å². The molecule has 0 spiro atoms. The second-order valence-corrected chi connectivity index (χ2v) is 4.65. The van der Waals surface area contributed by atoms with Gasteiger partial charge in [0.15, 0.2) is 0 Å². The maximum Gasteiger partial charge on any atom is -0.0263 e. The molecule has 0 bridgehead atoms. The number of allylic oxidation sites excluding steroid dienone is 2. The van der Waals surface area contributed by atoms with Crippen molar-refractivity contribution in [1.82, 2.24) is 0 Å². The summed E-state index contributed by atoms with van der Waals surface area (Å²) in [5.41, 5.74) is 1.69. The SMILES string of the molecule is C=CCC(C)(C)CC(=C)C(C)C. The van der Waals surface area contributed by atoms with Gasteiger partial charge in [-0.3, -0.25) is 0 Å². The van der Waals surface area contributed by atoms with Crippen LogP contribution >= 0.6 is 0 Å². The summed E-state index contributed by atoms with van der Waals surface area (Å²) >= 11 is 0. The van der Waals surface area contributed by atoms with E-state index in [2.05, 4.69) is 40.9 Å². The summed E-state index contributed by atoms with van der Waals surface area (Å²) in [4.78, 5) is 0. The first-order valence-electron chi connectivity index (χ1n) is 4.67. The first kappa shape index (κ1) is 11.5. The molecule has 0 nitrogen and oxygen atoms in total. The van der Waals surface area contributed by atoms with E-state index in [1.807, 2.05) is 6.08 Å². The lowest BCUT2D eigenvalue weighted by molar-refractivity contribution is 0.356. The van der Waals surface area contributed by atoms with Crippen molar-refractivity contribution in [3.05, 3.63) is 24.8 Å². The molecule has 12 heavy (non-hydrogen) atoms. The van der Waals surface area contributed by atoms with E-state index < -0.39 is 0 Å². The fourth-order valence-corrected chi connectivity index (χ4v) is 1.28. The van der Waals surface area contributed by atoms with Gasteiger partial charge in [0.25, 0.3) is 0 Å². The topological polar surface area (TPSA) is 0 Å². The van der Waals surface area contributed by atoms with Gasteiger partial charge in [-0.15, -0.1) is 6.58 Å². The Morgan fingerprint density at radius 3 is 2.25 bits per heavy atom. The highest BCUT2D eigenvalue weighted by atomic mass is 14.2. The predicted octanol–water partition coefficient (Wildman–Crippen LogP) is 4.19. The Kier molecular flexibility index (Phi) is 4.30. The van der Waals surface area contributed by atoms with E-state index in [0.29, 0.717) is 11.3 Å². The van der Waals surface area contributed by atoms with E-state index in [4.69, 9.17) is 0 Å². The van der Waals surface area contributed by atoms with Crippen LogP contribution in [0.2, 0.25) is 0 Å². The fraction of sp³-hybridized carbons (Fsp3) is 0.667. The average molecular weight is 166 g/mol. The zero-order chi connectivity index (χ0) is 9.78. The van der Waals surface area contributed by atoms with Gasteiger partial charge in [-0.2, -0.15) is 0 Å². The molecule has 0 saturated carbocycles. The quantitative estimate of drug-likeness (QED) is 0.537. The van der Waals surface area contributed by atoms with E-state index in [0.717, 1.165) is 12.8 Å². The molecule has 0 atom stereocenters. The molecule has 0 fully saturated rings. The van der Waals surface area contributed by atoms with Crippen LogP contribution in [0.1, 0.15) is 40.5 Å². The number of hydrogen-bond acceptors (Lipinski definition) is 0. The van der Waals surface area contributed by atoms with E-state index >= 15 is 0 Å². The summed E-state index contributed by atoms with van der Waals surface area (Å²) in [5, 5.41) is 0. The van der Waals surface area contributed by atoms with Crippen LogP contribution in [-0.2, 0) is 0 Å². The van der Waals surface area contributed by atoms with E-state index in [-0.39, 0.29) is 0 Å². The molecular formula is C12H22. The number of rotatable bonds is 5. The Hall–Kier alpha value is -0.520. The molecule has 70 valence electrons. The van der Waals surface area contributed by atoms with Crippen molar-refractivity contribution in [3.63, 3.8) is 0 Å². The van der Waals surface area contributed by atoms with Gasteiger partial charge in [0.05, 0.1) is 0 Å². The van der Waals surface area contributed by atoms with Crippen molar-refractivity contribution in [2.45, 2.75) is 40.5 Å². The van der Waals surface area contributed by atoms with Crippen LogP contribution < -0.4 is 0 Å². The second-order valence-electron chi connectivity index (χ2n) is 4.65. The van der Waals surface area contributed by atoms with Crippen LogP contribution in [0, 0.1) is 11.3 Å². The third-order valence-electron chi connectivity index (χ3n) is 2.22. The van der Waals surface area contributed by atoms with E-state index in [9.17, 15) is 0 Å². The molecule has 0 rings (SSSR count). The first-order chi connectivity index (χ1) is 5.39. The van der Waals surface area contributed by atoms with Gasteiger partial charge in [-0.1, -0.05) is 45.9 Å². The van der Waals surface area contributed by atoms with Crippen LogP contribution in [-0.4, -0.2) is 0 Å². The highest BCUT2D eigenvalue weighted by molar-refractivity contribution is 5.02. The van der Waals surface area contributed by atoms with E-state index in [1.54, 1.807) is 0 Å². The van der Waals surface area contributed by atoms with Crippen molar-refractivity contribution in [3.8, 4) is 0 Å². The van der Waals surface area contributed by atoms with Crippen LogP contribution in [0.5, 0.6) is 0 Å². The monoisotopic (exact) mass is 166 g/mol. The Morgan fingerprint density at radius 1 is 1.42 bits per heavy atom. The van der Waals surface area contributed by atoms with E-state index in [1.165, 1.54) is 5.57 Å². The fourth-order valence-electron chi connectivity index (χ4n) is 1.28. The van der Waals surface area contributed by atoms with Gasteiger partial charge in [0.1, 0.15) is 0 Å². The summed E-state index contributed by atoms with van der Waals surface area (Å²) in [6, 6.07) is 0. The van der Waals surface area contributed by atoms with Crippen LogP contribution in [0.4, 0.5) is 0 Å². The minimum absolute atomic E-state index is 0.336. The summed E-state index contributed by atoms with van der Waals surface area (Å²) in [6.45, 7) is 16.8. The summed E-state index contributed by atoms with van der Waals surface area (Å²) in [6.07, 6.45) is 4.17. The van der Waals surface area contributed by atoms with Gasteiger partial charge in [-0.05, 0) is 24.2 Å². The molecule has 0 N–H and O–H groups in total. The molecule has 0 aliphatic carbocycles. The zero-order valence-corrected chi connectivity index (χ0v) is 8.98. The Morgan fingerprint density at radius 2 is 1.92 bits per heavy atom. The summed E-state index contributed by atoms with van der Waals surface area (Å²) < 4.78 is 0. The third-order valence-corrected chi connectivity index (χ3v) is 2.22. The molecule has 0 amide bonds. The van der Waals surface area contributed by atoms with Crippen LogP contribution in [0.3, 0.4) is 0 Å². The molecule has 0 heterocycles. The lowest BCUT2D eigenvalue weighted by Crippen LogP contribution is -2.12. The third kappa shape index (κ3) is 4.38. The van der Waals surface area contributed by atoms with Gasteiger partial charge in [0, 0.05) is 0 Å². The molecule has 0 unspecified atom stereocenters. The molecule has 0 aliphatic rings. The maximum atomic E-state index is 4.09. The molecule has 0 saturated heterocycles. The lowest BCUT2D eigenvalue weighted by Gasteiger charge is -2.25. The summed E-state index contributed by atoms with van der Waals surface area (Å²) in [5.74, 6) is 0.606. The lowest BCUT2D eigenvalue weighted by atomic mass is 9.80. The minimum atomic E-state index is 0.336.